The van der Waals surface area contributed by atoms with Crippen LogP contribution in [0.3, 0.4) is 0 Å². The molecule has 2 aromatic carbocycles. The van der Waals surface area contributed by atoms with Gasteiger partial charge in [-0.1, -0.05) is 30.7 Å². The third kappa shape index (κ3) is 6.42. The molecule has 0 spiro atoms. The molecular formula is C27H31O3S+. The minimum atomic E-state index is -1.08. The van der Waals surface area contributed by atoms with E-state index in [1.54, 1.807) is 6.92 Å². The number of aryl methyl sites for hydroxylation is 2. The maximum absolute atomic E-state index is 12.5. The van der Waals surface area contributed by atoms with Gasteiger partial charge in [0.15, 0.2) is 17.1 Å². The first kappa shape index (κ1) is 23.0. The normalized spacial score (nSPS) is 15.8. The Bertz CT molecular complexity index is 958. The molecule has 1 saturated heterocycles. The van der Waals surface area contributed by atoms with Gasteiger partial charge >= 0.3 is 5.97 Å². The Balaban J connectivity index is 1.63. The third-order valence-electron chi connectivity index (χ3n) is 5.33. The van der Waals surface area contributed by atoms with Crippen LogP contribution < -0.4 is 4.74 Å². The lowest BCUT2D eigenvalue weighted by Gasteiger charge is -2.21. The largest absolute Gasteiger partial charge is 0.481 e. The molecule has 0 saturated carbocycles. The van der Waals surface area contributed by atoms with E-state index >= 15 is 0 Å². The van der Waals surface area contributed by atoms with Crippen molar-refractivity contribution in [2.45, 2.75) is 50.5 Å². The van der Waals surface area contributed by atoms with Crippen LogP contribution in [0.15, 0.2) is 60.0 Å². The SMILES string of the molecule is C=CC(C)(C#Cc1ccccc1)OC(=O)COc1c(C)cc([S+]2CCCCC2)cc1C. The number of rotatable bonds is 6. The highest BCUT2D eigenvalue weighted by atomic mass is 32.2. The van der Waals surface area contributed by atoms with Crippen LogP contribution in [0.1, 0.15) is 42.9 Å². The van der Waals surface area contributed by atoms with Crippen LogP contribution in [-0.2, 0) is 20.4 Å². The number of carbonyl (C=O) groups excluding carboxylic acids is 1. The monoisotopic (exact) mass is 435 g/mol. The van der Waals surface area contributed by atoms with Crippen molar-refractivity contribution in [3.8, 4) is 17.6 Å². The van der Waals surface area contributed by atoms with Gasteiger partial charge in [0, 0.05) is 16.5 Å². The van der Waals surface area contributed by atoms with Crippen LogP contribution in [0, 0.1) is 25.7 Å². The first-order valence-electron chi connectivity index (χ1n) is 10.8. The highest BCUT2D eigenvalue weighted by molar-refractivity contribution is 7.96. The minimum absolute atomic E-state index is 0.164. The average Bonchev–Trinajstić information content (AvgIpc) is 2.78. The number of hydrogen-bond acceptors (Lipinski definition) is 3. The Labute approximate surface area is 189 Å². The smallest absolute Gasteiger partial charge is 0.345 e. The number of carbonyl (C=O) groups is 1. The summed E-state index contributed by atoms with van der Waals surface area (Å²) in [5.74, 6) is 8.89. The van der Waals surface area contributed by atoms with Crippen LogP contribution in [0.2, 0.25) is 0 Å². The number of esters is 1. The topological polar surface area (TPSA) is 35.5 Å². The summed E-state index contributed by atoms with van der Waals surface area (Å²) in [6, 6.07) is 14.0. The molecule has 0 bridgehead atoms. The molecule has 1 heterocycles. The maximum atomic E-state index is 12.5. The predicted octanol–water partition coefficient (Wildman–Crippen LogP) is 5.38. The summed E-state index contributed by atoms with van der Waals surface area (Å²) in [6.07, 6.45) is 5.53. The average molecular weight is 436 g/mol. The summed E-state index contributed by atoms with van der Waals surface area (Å²) >= 11 is 0. The number of ether oxygens (including phenoxy) is 2. The van der Waals surface area contributed by atoms with Crippen molar-refractivity contribution in [2.75, 3.05) is 18.1 Å². The maximum Gasteiger partial charge on any atom is 0.345 e. The molecule has 3 rings (SSSR count). The molecule has 31 heavy (non-hydrogen) atoms. The van der Waals surface area contributed by atoms with Gasteiger partial charge in [-0.05, 0) is 87.4 Å². The fraction of sp³-hybridized carbons (Fsp3) is 0.370. The summed E-state index contributed by atoms with van der Waals surface area (Å²) in [5.41, 5.74) is 1.91. The standard InChI is InChI=1S/C27H31O3S/c1-5-27(4,15-14-23-12-8-6-9-13-23)30-25(28)20-29-26-21(2)18-24(19-22(26)3)31-16-10-7-11-17-31/h5-6,8-9,12-13,18-19H,1,7,10-11,16-17,20H2,2-4H3/q+1. The second-order valence-electron chi connectivity index (χ2n) is 8.04. The zero-order valence-electron chi connectivity index (χ0n) is 18.7. The molecule has 1 aliphatic rings. The van der Waals surface area contributed by atoms with Gasteiger partial charge < -0.3 is 9.47 Å². The molecule has 0 aliphatic carbocycles. The molecule has 2 aromatic rings. The predicted molar refractivity (Wildman–Crippen MR) is 129 cm³/mol. The van der Waals surface area contributed by atoms with Gasteiger partial charge in [0.1, 0.15) is 17.3 Å². The van der Waals surface area contributed by atoms with Crippen LogP contribution in [-0.4, -0.2) is 29.7 Å². The molecule has 1 unspecified atom stereocenters. The van der Waals surface area contributed by atoms with Crippen molar-refractivity contribution >= 4 is 16.9 Å². The van der Waals surface area contributed by atoms with Crippen molar-refractivity contribution in [3.05, 3.63) is 71.8 Å². The van der Waals surface area contributed by atoms with E-state index in [1.807, 2.05) is 44.2 Å². The molecule has 162 valence electrons. The van der Waals surface area contributed by atoms with Crippen molar-refractivity contribution in [1.82, 2.24) is 0 Å². The van der Waals surface area contributed by atoms with Crippen LogP contribution in [0.5, 0.6) is 5.75 Å². The minimum Gasteiger partial charge on any atom is -0.481 e. The van der Waals surface area contributed by atoms with E-state index in [-0.39, 0.29) is 6.61 Å². The zero-order chi connectivity index (χ0) is 22.3. The van der Waals surface area contributed by atoms with Crippen molar-refractivity contribution < 1.29 is 14.3 Å². The fourth-order valence-corrected chi connectivity index (χ4v) is 6.07. The lowest BCUT2D eigenvalue weighted by molar-refractivity contribution is -0.152. The van der Waals surface area contributed by atoms with E-state index in [9.17, 15) is 4.79 Å². The second kappa shape index (κ2) is 10.6. The molecule has 4 heteroatoms. The molecular weight excluding hydrogens is 404 g/mol. The molecule has 0 amide bonds. The molecule has 1 atom stereocenters. The lowest BCUT2D eigenvalue weighted by Crippen LogP contribution is -2.30. The Morgan fingerprint density at radius 3 is 2.39 bits per heavy atom. The molecule has 1 fully saturated rings. The fourth-order valence-electron chi connectivity index (χ4n) is 3.61. The van der Waals surface area contributed by atoms with Gasteiger partial charge in [0.05, 0.1) is 0 Å². The summed E-state index contributed by atoms with van der Waals surface area (Å²) in [5, 5.41) is 0. The summed E-state index contributed by atoms with van der Waals surface area (Å²) in [7, 11) is 0.344. The van der Waals surface area contributed by atoms with Crippen LogP contribution in [0.25, 0.3) is 0 Å². The summed E-state index contributed by atoms with van der Waals surface area (Å²) < 4.78 is 11.4. The summed E-state index contributed by atoms with van der Waals surface area (Å²) in [6.45, 7) is 9.43. The van der Waals surface area contributed by atoms with Gasteiger partial charge in [-0.2, -0.15) is 0 Å². The van der Waals surface area contributed by atoms with Crippen molar-refractivity contribution in [3.63, 3.8) is 0 Å². The van der Waals surface area contributed by atoms with E-state index in [0.717, 1.165) is 22.4 Å². The highest BCUT2D eigenvalue weighted by Gasteiger charge is 2.27. The zero-order valence-corrected chi connectivity index (χ0v) is 19.5. The van der Waals surface area contributed by atoms with E-state index in [4.69, 9.17) is 9.47 Å². The van der Waals surface area contributed by atoms with E-state index in [2.05, 4.69) is 30.6 Å². The second-order valence-corrected chi connectivity index (χ2v) is 10.3. The Morgan fingerprint density at radius 2 is 1.77 bits per heavy atom. The summed E-state index contributed by atoms with van der Waals surface area (Å²) in [4.78, 5) is 13.9. The Hall–Kier alpha value is -2.64. The third-order valence-corrected chi connectivity index (χ3v) is 7.79. The first-order valence-corrected chi connectivity index (χ1v) is 12.3. The molecule has 3 nitrogen and oxygen atoms in total. The van der Waals surface area contributed by atoms with Gasteiger partial charge in [0.2, 0.25) is 0 Å². The molecule has 0 radical (unpaired) electrons. The van der Waals surface area contributed by atoms with Gasteiger partial charge in [-0.3, -0.25) is 0 Å². The van der Waals surface area contributed by atoms with Crippen LogP contribution >= 0.6 is 0 Å². The molecule has 0 N–H and O–H groups in total. The van der Waals surface area contributed by atoms with Crippen LogP contribution in [0.4, 0.5) is 0 Å². The van der Waals surface area contributed by atoms with Crippen molar-refractivity contribution in [1.29, 1.82) is 0 Å². The van der Waals surface area contributed by atoms with E-state index < -0.39 is 11.6 Å². The molecule has 1 aliphatic heterocycles. The Morgan fingerprint density at radius 1 is 1.13 bits per heavy atom. The first-order chi connectivity index (χ1) is 14.9. The highest BCUT2D eigenvalue weighted by Crippen LogP contribution is 2.30. The van der Waals surface area contributed by atoms with Gasteiger partial charge in [0.25, 0.3) is 0 Å². The van der Waals surface area contributed by atoms with Crippen molar-refractivity contribution in [2.24, 2.45) is 0 Å². The number of benzene rings is 2. The molecule has 0 aromatic heterocycles. The quantitative estimate of drug-likeness (QED) is 0.264. The number of hydrogen-bond donors (Lipinski definition) is 0. The Kier molecular flexibility index (Phi) is 7.87. The van der Waals surface area contributed by atoms with E-state index in [1.165, 1.54) is 41.7 Å². The van der Waals surface area contributed by atoms with Gasteiger partial charge in [-0.25, -0.2) is 4.79 Å². The van der Waals surface area contributed by atoms with E-state index in [0.29, 0.717) is 10.9 Å². The van der Waals surface area contributed by atoms with Gasteiger partial charge in [-0.15, -0.1) is 0 Å². The lowest BCUT2D eigenvalue weighted by atomic mass is 10.1.